The minimum Gasteiger partial charge on any atom is -0.510 e. The molecule has 0 aliphatic rings. The fourth-order valence-corrected chi connectivity index (χ4v) is 13.8. The van der Waals surface area contributed by atoms with Gasteiger partial charge in [0.05, 0.1) is 55.1 Å². The van der Waals surface area contributed by atoms with Crippen LogP contribution in [0.25, 0.3) is 83.4 Å². The summed E-state index contributed by atoms with van der Waals surface area (Å²) in [4.78, 5) is 4.67. The summed E-state index contributed by atoms with van der Waals surface area (Å²) in [6.07, 6.45) is 4.50. The van der Waals surface area contributed by atoms with Crippen molar-refractivity contribution in [2.75, 3.05) is 0 Å². The van der Waals surface area contributed by atoms with Gasteiger partial charge in [0.15, 0.2) is 8.07 Å². The number of para-hydroxylation sites is 4. The van der Waals surface area contributed by atoms with Gasteiger partial charge in [-0.2, -0.15) is 18.2 Å². The zero-order valence-electron chi connectivity index (χ0n) is 75.4. The predicted molar refractivity (Wildman–Crippen MR) is 343 cm³/mol. The molecule has 0 saturated heterocycles. The zero-order valence-corrected chi connectivity index (χ0v) is 47.7. The first kappa shape index (κ1) is 29.2. The molecule has 0 spiro atoms. The summed E-state index contributed by atoms with van der Waals surface area (Å²) in [6, 6.07) is 6.50. The summed E-state index contributed by atoms with van der Waals surface area (Å²) in [7, 11) is -6.42. The van der Waals surface area contributed by atoms with Gasteiger partial charge >= 0.3 is 0 Å². The van der Waals surface area contributed by atoms with Gasteiger partial charge in [-0.15, -0.1) is 29.7 Å². The molecule has 0 aliphatic heterocycles. The van der Waals surface area contributed by atoms with Crippen molar-refractivity contribution < 1.29 is 72.9 Å². The van der Waals surface area contributed by atoms with Crippen LogP contribution in [0.2, 0.25) is 0 Å². The number of ether oxygens (including phenoxy) is 1. The maximum Gasteiger partial charge on any atom is 0.268 e. The van der Waals surface area contributed by atoms with Crippen LogP contribution in [-0.2, 0) is 26.5 Å². The predicted octanol–water partition coefficient (Wildman–Crippen LogP) is 15.6. The van der Waals surface area contributed by atoms with E-state index in [-0.39, 0.29) is 94.2 Å². The van der Waals surface area contributed by atoms with Crippen LogP contribution < -0.4 is 30.1 Å². The summed E-state index contributed by atoms with van der Waals surface area (Å²) in [5.41, 5.74) is -2.19. The van der Waals surface area contributed by atoms with Crippen LogP contribution in [-0.4, -0.2) is 22.2 Å². The molecule has 5 nitrogen and oxygen atoms in total. The fraction of sp³-hybridized carbons (Fsp3) is 0.0649. The Labute approximate surface area is 550 Å². The Balaban J connectivity index is 0.0000115. The Kier molecular flexibility index (Phi) is 7.77. The van der Waals surface area contributed by atoms with Gasteiger partial charge in [0.1, 0.15) is 5.82 Å². The number of fused-ring (bicyclic) bond motifs is 4. The summed E-state index contributed by atoms with van der Waals surface area (Å²) in [5, 5.41) is -2.99. The number of pyridine rings is 1. The van der Waals surface area contributed by atoms with Crippen LogP contribution in [0.5, 0.6) is 11.5 Å². The largest absolute Gasteiger partial charge is 0.510 e. The van der Waals surface area contributed by atoms with Crippen LogP contribution in [0.15, 0.2) is 279 Å². The van der Waals surface area contributed by atoms with Gasteiger partial charge < -0.3 is 13.9 Å². The molecule has 0 N–H and O–H groups in total. The van der Waals surface area contributed by atoms with Crippen LogP contribution in [0.4, 0.5) is 0 Å². The number of nitrogens with zero attached hydrogens (tertiary/aromatic N) is 4. The monoisotopic (exact) mass is 1310 g/mol. The van der Waals surface area contributed by atoms with Crippen LogP contribution in [0, 0.1) is 25.3 Å². The molecule has 7 heteroatoms. The van der Waals surface area contributed by atoms with E-state index in [1.165, 1.54) is 33.4 Å². The first-order valence-electron chi connectivity index (χ1n) is 41.3. The number of hydrogen-bond donors (Lipinski definition) is 0. The molecule has 0 unspecified atom stereocenters. The van der Waals surface area contributed by atoms with Gasteiger partial charge in [0.2, 0.25) is 0 Å². The molecule has 14 aromatic rings. The maximum absolute atomic E-state index is 10.9. The molecule has 11 aromatic carbocycles. The summed E-state index contributed by atoms with van der Waals surface area (Å²) < 4.78 is 299. The smallest absolute Gasteiger partial charge is 0.268 e. The van der Waals surface area contributed by atoms with Crippen molar-refractivity contribution in [3.05, 3.63) is 308 Å². The summed E-state index contributed by atoms with van der Waals surface area (Å²) in [5.74, 6) is 0.188. The number of rotatable bonds is 12. The fourth-order valence-electron chi connectivity index (χ4n) is 10.2. The van der Waals surface area contributed by atoms with E-state index >= 15 is 0 Å². The van der Waals surface area contributed by atoms with Crippen molar-refractivity contribution in [3.8, 4) is 62.1 Å². The van der Waals surface area contributed by atoms with E-state index in [0.29, 0.717) is 27.3 Å². The SMILES string of the molecule is [2H]c1c([2H])c([2H])c(-c2cnc(-n3c4[c-]c(Oc5[c-]c(-n6[c-][n+](-c7c(-c8c([2H])c([2H])c([2H])c(C(C)(C)C)c8[2H])cccc7-c7c([2H])c([2H])c([2H])c([Si](c8c([2H])c([2H])c([2H])c([2H])c8[2H])(c8c([2H])c([2H])c([2H])c([2H])c8[2H])c8c([2H])c([2H])c([2H])c([2H])c8[2H])c7[2H])c7ccccc76)ccc5)ccc4c4ccccc43)cc2C([2H])([2H])[2H])c([2H])c1[2H].[Pt]. The van der Waals surface area contributed by atoms with Gasteiger partial charge in [-0.1, -0.05) is 256 Å². The second kappa shape index (κ2) is 22.4. The molecule has 0 fully saturated rings. The van der Waals surface area contributed by atoms with Crippen molar-refractivity contribution >= 4 is 61.7 Å². The Morgan fingerprint density at radius 2 is 1.12 bits per heavy atom. The van der Waals surface area contributed by atoms with Crippen LogP contribution in [0.1, 0.15) is 74.4 Å². The minimum absolute atomic E-state index is 0. The van der Waals surface area contributed by atoms with Crippen molar-refractivity contribution in [2.24, 2.45) is 0 Å². The molecule has 0 saturated carbocycles. The third-order valence-corrected chi connectivity index (χ3v) is 18.0. The van der Waals surface area contributed by atoms with Crippen LogP contribution >= 0.6 is 0 Å². The van der Waals surface area contributed by atoms with Crippen LogP contribution in [0.3, 0.4) is 0 Å². The van der Waals surface area contributed by atoms with Gasteiger partial charge in [0.25, 0.3) is 6.33 Å². The van der Waals surface area contributed by atoms with Crippen molar-refractivity contribution in [1.82, 2.24) is 14.1 Å². The van der Waals surface area contributed by atoms with E-state index in [9.17, 15) is 19.2 Å². The number of hydrogen-bond acceptors (Lipinski definition) is 2. The molecular formula is C77H58N4OPtSi-2. The van der Waals surface area contributed by atoms with E-state index in [1.54, 1.807) is 98.1 Å². The van der Waals surface area contributed by atoms with Crippen molar-refractivity contribution in [2.45, 2.75) is 33.0 Å². The van der Waals surface area contributed by atoms with Gasteiger partial charge in [0, 0.05) is 54.0 Å². The summed E-state index contributed by atoms with van der Waals surface area (Å²) in [6.45, 7) is 2.15. The Morgan fingerprint density at radius 3 is 1.80 bits per heavy atom. The molecule has 3 aromatic heterocycles. The molecule has 0 atom stereocenters. The maximum atomic E-state index is 10.9. The van der Waals surface area contributed by atoms with E-state index < -0.39 is 216 Å². The average Bonchev–Trinajstić information content (AvgIpc) is 1.30. The Morgan fingerprint density at radius 1 is 0.536 bits per heavy atom. The number of aryl methyl sites for hydroxylation is 1. The van der Waals surface area contributed by atoms with E-state index in [1.807, 2.05) is 6.07 Å². The average molecular weight is 1310 g/mol. The molecule has 3 heterocycles. The summed E-state index contributed by atoms with van der Waals surface area (Å²) >= 11 is 0. The number of benzene rings is 11. The number of imidazole rings is 1. The molecule has 84 heavy (non-hydrogen) atoms. The second-order valence-electron chi connectivity index (χ2n) is 20.0. The quantitative estimate of drug-likeness (QED) is 0.0529. The first-order valence-corrected chi connectivity index (χ1v) is 27.8. The molecule has 0 aliphatic carbocycles. The van der Waals surface area contributed by atoms with E-state index in [0.717, 1.165) is 6.20 Å². The minimum atomic E-state index is -6.42. The number of aromatic nitrogens is 4. The first-order chi connectivity index (χ1) is 53.5. The Bertz CT molecular complexity index is 6290. The molecule has 0 radical (unpaired) electrons. The Hall–Kier alpha value is -9.45. The standard InChI is InChI=1S/C77H58N4OSi.Pt/c1-54-47-75(78-52-70(54)55-25-9-5-10-26-55)81-71-42-18-17-39-68(71)69-46-45-61(51-74(69)81)82-60-31-23-30-59(50-60)79-53-80(73-44-20-19-43-72(73)79)76-66(56-27-21-29-58(48-56)77(2,3)4)40-24-41-67(76)57-28-22-38-65(49-57)83(62-32-11-6-12-33-62,63-34-13-7-14-35-63)64-36-15-8-16-37-64;/h5-49,52H,1-4H3;/q-2;/i1D3,5D,6D,7D,8D,9D,10D,11D,12D,13D,14D,15D,16D,21D,22D,25D,26D,27D,28D,29D,32D,33D,34D,35D,36D,37D,38D,48D,49D;. The zero-order chi connectivity index (χ0) is 82.9. The topological polar surface area (TPSA) is 35.9 Å². The van der Waals surface area contributed by atoms with Gasteiger partial charge in [-0.05, 0) is 95.2 Å². The molecule has 14 rings (SSSR count). The normalized spacial score (nSPS) is 17.1. The molecule has 0 bridgehead atoms. The van der Waals surface area contributed by atoms with Gasteiger partial charge in [-0.25, -0.2) is 4.98 Å². The third kappa shape index (κ3) is 9.61. The van der Waals surface area contributed by atoms with Crippen molar-refractivity contribution in [1.29, 1.82) is 0 Å². The van der Waals surface area contributed by atoms with E-state index in [4.69, 9.17) is 28.0 Å². The van der Waals surface area contributed by atoms with Gasteiger partial charge in [-0.3, -0.25) is 4.57 Å². The van der Waals surface area contributed by atoms with Crippen molar-refractivity contribution in [3.63, 3.8) is 0 Å². The molecule has 408 valence electrons. The molecule has 0 amide bonds. The van der Waals surface area contributed by atoms with E-state index in [2.05, 4.69) is 23.4 Å². The third-order valence-electron chi connectivity index (χ3n) is 14.0. The molecular weight excluding hydrogens is 1220 g/mol. The second-order valence-corrected chi connectivity index (χ2v) is 23.5.